The molecule has 5 rings (SSSR count). The number of ether oxygens (including phenoxy) is 1. The molecule has 0 atom stereocenters. The molecule has 1 saturated carbocycles. The fourth-order valence-electron chi connectivity index (χ4n) is 4.00. The Morgan fingerprint density at radius 3 is 2.64 bits per heavy atom. The third-order valence-electron chi connectivity index (χ3n) is 6.20. The largest absolute Gasteiger partial charge is 0.412 e. The molecule has 2 amide bonds. The monoisotopic (exact) mass is 489 g/mol. The van der Waals surface area contributed by atoms with Gasteiger partial charge in [-0.05, 0) is 32.0 Å². The van der Waals surface area contributed by atoms with Crippen molar-refractivity contribution in [3.8, 4) is 11.8 Å². The normalized spacial score (nSPS) is 15.9. The number of hydrogen-bond acceptors (Lipinski definition) is 9. The van der Waals surface area contributed by atoms with Crippen LogP contribution in [0.2, 0.25) is 0 Å². The van der Waals surface area contributed by atoms with Crippen molar-refractivity contribution in [3.05, 3.63) is 41.7 Å². The highest BCUT2D eigenvalue weighted by Gasteiger charge is 2.25. The summed E-state index contributed by atoms with van der Waals surface area (Å²) in [6, 6.07) is 9.27. The second-order valence-corrected chi connectivity index (χ2v) is 8.92. The number of fused-ring (bicyclic) bond motifs is 1. The number of piperazine rings is 1. The van der Waals surface area contributed by atoms with E-state index in [1.54, 1.807) is 23.1 Å². The molecule has 2 aromatic heterocycles. The molecule has 0 radical (unpaired) electrons. The first-order valence-electron chi connectivity index (χ1n) is 11.8. The third kappa shape index (κ3) is 4.87. The smallest absolute Gasteiger partial charge is 0.409 e. The molecule has 3 aromatic rings. The molecule has 1 aliphatic heterocycles. The summed E-state index contributed by atoms with van der Waals surface area (Å²) in [5.41, 5.74) is 2.51. The molecule has 0 bridgehead atoms. The number of carbonyl (C=O) groups excluding carboxylic acids is 2. The van der Waals surface area contributed by atoms with E-state index in [0.717, 1.165) is 31.6 Å². The molecule has 2 fully saturated rings. The molecular weight excluding hydrogens is 462 g/mol. The summed E-state index contributed by atoms with van der Waals surface area (Å²) in [5, 5.41) is 23.0. The Labute approximate surface area is 207 Å². The minimum Gasteiger partial charge on any atom is -0.409 e. The molecule has 2 aliphatic rings. The summed E-state index contributed by atoms with van der Waals surface area (Å²) < 4.78 is 6.93. The Kier molecular flexibility index (Phi) is 6.30. The molecule has 1 aliphatic carbocycles. The van der Waals surface area contributed by atoms with Gasteiger partial charge < -0.3 is 30.5 Å². The zero-order chi connectivity index (χ0) is 25.2. The lowest BCUT2D eigenvalue weighted by Crippen LogP contribution is -2.47. The van der Waals surface area contributed by atoms with Gasteiger partial charge in [0.05, 0.1) is 17.4 Å². The lowest BCUT2D eigenvalue weighted by atomic mass is 10.1. The lowest BCUT2D eigenvalue weighted by molar-refractivity contribution is 0.0661. The molecule has 0 unspecified atom stereocenters. The molecule has 1 saturated heterocycles. The maximum absolute atomic E-state index is 13.2. The fraction of sp³-hybridized carbons (Fsp3) is 0.375. The van der Waals surface area contributed by atoms with Crippen LogP contribution >= 0.6 is 0 Å². The fourth-order valence-corrected chi connectivity index (χ4v) is 4.00. The first kappa shape index (κ1) is 23.4. The van der Waals surface area contributed by atoms with Crippen LogP contribution in [0.5, 0.6) is 5.75 Å². The van der Waals surface area contributed by atoms with Crippen molar-refractivity contribution in [2.24, 2.45) is 0 Å². The molecule has 3 heterocycles. The Hall–Kier alpha value is -4.37. The van der Waals surface area contributed by atoms with E-state index in [1.165, 1.54) is 17.8 Å². The molecule has 3 N–H and O–H groups in total. The molecule has 12 heteroatoms. The summed E-state index contributed by atoms with van der Waals surface area (Å²) in [7, 11) is 3.47. The van der Waals surface area contributed by atoms with Crippen LogP contribution in [0.4, 0.5) is 22.0 Å². The van der Waals surface area contributed by atoms with Crippen molar-refractivity contribution in [1.82, 2.24) is 29.7 Å². The summed E-state index contributed by atoms with van der Waals surface area (Å²) in [6.45, 7) is 2.76. The number of anilines is 3. The Balaban J connectivity index is 1.46. The van der Waals surface area contributed by atoms with Crippen LogP contribution in [0.3, 0.4) is 0 Å². The number of nitrogens with zero attached hydrogens (tertiary/aromatic N) is 6. The molecule has 186 valence electrons. The summed E-state index contributed by atoms with van der Waals surface area (Å²) in [6.07, 6.45) is 2.96. The van der Waals surface area contributed by atoms with Gasteiger partial charge in [-0.3, -0.25) is 4.79 Å². The first-order valence-corrected chi connectivity index (χ1v) is 11.8. The van der Waals surface area contributed by atoms with Gasteiger partial charge in [0.25, 0.3) is 5.91 Å². The quantitative estimate of drug-likeness (QED) is 0.474. The Bertz CT molecular complexity index is 1350. The first-order chi connectivity index (χ1) is 17.4. The van der Waals surface area contributed by atoms with Crippen molar-refractivity contribution in [2.45, 2.75) is 18.9 Å². The summed E-state index contributed by atoms with van der Waals surface area (Å²) >= 11 is 0. The highest BCUT2D eigenvalue weighted by Crippen LogP contribution is 2.31. The average Bonchev–Trinajstić information content (AvgIpc) is 3.60. The van der Waals surface area contributed by atoms with Gasteiger partial charge in [0.15, 0.2) is 17.2 Å². The molecule has 1 aromatic carbocycles. The van der Waals surface area contributed by atoms with Gasteiger partial charge in [-0.25, -0.2) is 9.78 Å². The molecular formula is C24H27N9O3. The van der Waals surface area contributed by atoms with Gasteiger partial charge in [0, 0.05) is 57.1 Å². The number of imidazole rings is 1. The van der Waals surface area contributed by atoms with Crippen LogP contribution in [-0.2, 0) is 0 Å². The SMILES string of the molecule is CNC(=O)Oc1cc(Nc2cc(NC3CC3)c3ncc(C#N)n3n2)ccc1C(=O)N1CCN(C)CC1. The van der Waals surface area contributed by atoms with Crippen LogP contribution in [0, 0.1) is 11.3 Å². The van der Waals surface area contributed by atoms with E-state index in [0.29, 0.717) is 47.5 Å². The number of carbonyl (C=O) groups is 2. The van der Waals surface area contributed by atoms with Gasteiger partial charge in [0.1, 0.15) is 11.8 Å². The zero-order valence-electron chi connectivity index (χ0n) is 20.1. The van der Waals surface area contributed by atoms with Crippen LogP contribution in [0.15, 0.2) is 30.5 Å². The number of likely N-dealkylation sites (N-methyl/N-ethyl adjacent to an activating group) is 1. The number of benzene rings is 1. The van der Waals surface area contributed by atoms with Gasteiger partial charge in [-0.2, -0.15) is 9.78 Å². The van der Waals surface area contributed by atoms with Gasteiger partial charge in [0.2, 0.25) is 0 Å². The minimum atomic E-state index is -0.674. The highest BCUT2D eigenvalue weighted by molar-refractivity contribution is 5.98. The van der Waals surface area contributed by atoms with Crippen molar-refractivity contribution in [1.29, 1.82) is 5.26 Å². The molecule has 12 nitrogen and oxygen atoms in total. The summed E-state index contributed by atoms with van der Waals surface area (Å²) in [5.74, 6) is 0.409. The predicted octanol–water partition coefficient (Wildman–Crippen LogP) is 2.02. The van der Waals surface area contributed by atoms with Crippen molar-refractivity contribution >= 4 is 34.8 Å². The van der Waals surface area contributed by atoms with Crippen molar-refractivity contribution in [3.63, 3.8) is 0 Å². The highest BCUT2D eigenvalue weighted by atomic mass is 16.6. The van der Waals surface area contributed by atoms with E-state index in [-0.39, 0.29) is 11.7 Å². The maximum atomic E-state index is 13.2. The molecule has 0 spiro atoms. The Morgan fingerprint density at radius 1 is 1.17 bits per heavy atom. The van der Waals surface area contributed by atoms with Crippen LogP contribution < -0.4 is 20.7 Å². The van der Waals surface area contributed by atoms with E-state index in [2.05, 4.69) is 37.0 Å². The van der Waals surface area contributed by atoms with Crippen molar-refractivity contribution in [2.75, 3.05) is 50.9 Å². The third-order valence-corrected chi connectivity index (χ3v) is 6.20. The van der Waals surface area contributed by atoms with Crippen LogP contribution in [0.25, 0.3) is 5.65 Å². The minimum absolute atomic E-state index is 0.140. The van der Waals surface area contributed by atoms with E-state index < -0.39 is 6.09 Å². The van der Waals surface area contributed by atoms with Gasteiger partial charge >= 0.3 is 6.09 Å². The average molecular weight is 490 g/mol. The number of hydrogen-bond donors (Lipinski definition) is 3. The van der Waals surface area contributed by atoms with E-state index in [1.807, 2.05) is 13.1 Å². The van der Waals surface area contributed by atoms with E-state index in [4.69, 9.17) is 4.74 Å². The topological polar surface area (TPSA) is 140 Å². The van der Waals surface area contributed by atoms with E-state index >= 15 is 0 Å². The van der Waals surface area contributed by atoms with Crippen LogP contribution in [0.1, 0.15) is 28.9 Å². The standard InChI is InChI=1S/C24H27N9O3/c1-26-24(35)36-20-11-16(5-6-18(20)23(34)32-9-7-31(2)8-10-32)29-21-12-19(28-15-3-4-15)22-27-14-17(13-25)33(22)30-21/h5-6,11-12,14-15,28H,3-4,7-10H2,1-2H3,(H,26,35)(H,29,30). The Morgan fingerprint density at radius 2 is 1.94 bits per heavy atom. The number of nitriles is 1. The molecule has 36 heavy (non-hydrogen) atoms. The zero-order valence-corrected chi connectivity index (χ0v) is 20.1. The van der Waals surface area contributed by atoms with Gasteiger partial charge in [-0.15, -0.1) is 5.10 Å². The van der Waals surface area contributed by atoms with Crippen LogP contribution in [-0.4, -0.2) is 82.7 Å². The number of aromatic nitrogens is 3. The van der Waals surface area contributed by atoms with E-state index in [9.17, 15) is 14.9 Å². The van der Waals surface area contributed by atoms with Crippen molar-refractivity contribution < 1.29 is 14.3 Å². The predicted molar refractivity (Wildman–Crippen MR) is 133 cm³/mol. The van der Waals surface area contributed by atoms with Gasteiger partial charge in [-0.1, -0.05) is 0 Å². The summed E-state index contributed by atoms with van der Waals surface area (Å²) in [4.78, 5) is 33.5. The number of rotatable bonds is 6. The number of amides is 2. The maximum Gasteiger partial charge on any atom is 0.412 e. The number of nitrogens with one attached hydrogen (secondary N) is 3. The second kappa shape index (κ2) is 9.71. The second-order valence-electron chi connectivity index (χ2n) is 8.92. The lowest BCUT2D eigenvalue weighted by Gasteiger charge is -2.32.